The highest BCUT2D eigenvalue weighted by atomic mass is 16.2. The topological polar surface area (TPSA) is 46.9 Å². The van der Waals surface area contributed by atoms with E-state index < -0.39 is 0 Å². The van der Waals surface area contributed by atoms with E-state index in [1.165, 1.54) is 32.1 Å². The summed E-state index contributed by atoms with van der Waals surface area (Å²) in [6.07, 6.45) is 7.01. The Labute approximate surface area is 137 Å². The molecule has 0 bridgehead atoms. The minimum Gasteiger partial charge on any atom is -0.351 e. The lowest BCUT2D eigenvalue weighted by atomic mass is 10.2. The van der Waals surface area contributed by atoms with Crippen LogP contribution in [-0.2, 0) is 0 Å². The molecule has 1 amide bonds. The van der Waals surface area contributed by atoms with E-state index in [4.69, 9.17) is 0 Å². The predicted octanol–water partition coefficient (Wildman–Crippen LogP) is 4.06. The lowest BCUT2D eigenvalue weighted by molar-refractivity contribution is 0.0945. The zero-order valence-electron chi connectivity index (χ0n) is 13.8. The van der Waals surface area contributed by atoms with Crippen molar-refractivity contribution in [3.8, 4) is 5.69 Å². The Morgan fingerprint density at radius 1 is 1.22 bits per heavy atom. The van der Waals surface area contributed by atoms with Gasteiger partial charge in [0.1, 0.15) is 5.69 Å². The summed E-state index contributed by atoms with van der Waals surface area (Å²) < 4.78 is 1.79. The van der Waals surface area contributed by atoms with Gasteiger partial charge in [-0.1, -0.05) is 44.4 Å². The van der Waals surface area contributed by atoms with E-state index >= 15 is 0 Å². The molecule has 1 heterocycles. The number of aromatic nitrogens is 2. The number of hydrogen-bond donors (Lipinski definition) is 1. The second-order valence-corrected chi connectivity index (χ2v) is 6.29. The van der Waals surface area contributed by atoms with Crippen LogP contribution < -0.4 is 5.32 Å². The molecule has 3 rings (SSSR count). The van der Waals surface area contributed by atoms with Gasteiger partial charge in [0.05, 0.1) is 11.4 Å². The van der Waals surface area contributed by atoms with Gasteiger partial charge in [-0.2, -0.15) is 5.10 Å². The molecule has 2 aromatic rings. The van der Waals surface area contributed by atoms with Crippen LogP contribution in [-0.4, -0.2) is 22.2 Å². The molecule has 1 saturated carbocycles. The average Bonchev–Trinajstić information content (AvgIpc) is 3.34. The van der Waals surface area contributed by atoms with E-state index in [0.717, 1.165) is 24.3 Å². The number of unbranched alkanes of at least 4 members (excludes halogenated alkanes) is 3. The second kappa shape index (κ2) is 7.44. The fourth-order valence-corrected chi connectivity index (χ4v) is 2.75. The molecular weight excluding hydrogens is 286 g/mol. The number of carbonyl (C=O) groups excluding carboxylic acids is 1. The first-order valence-corrected chi connectivity index (χ1v) is 8.73. The molecule has 1 N–H and O–H groups in total. The van der Waals surface area contributed by atoms with Gasteiger partial charge in [0.2, 0.25) is 0 Å². The van der Waals surface area contributed by atoms with Gasteiger partial charge in [-0.3, -0.25) is 4.79 Å². The van der Waals surface area contributed by atoms with Crippen LogP contribution >= 0.6 is 0 Å². The molecule has 23 heavy (non-hydrogen) atoms. The van der Waals surface area contributed by atoms with E-state index in [9.17, 15) is 4.79 Å². The summed E-state index contributed by atoms with van der Waals surface area (Å²) in [5.74, 6) is 0.515. The van der Waals surface area contributed by atoms with Crippen LogP contribution in [0.15, 0.2) is 36.4 Å². The van der Waals surface area contributed by atoms with Gasteiger partial charge in [-0.15, -0.1) is 0 Å². The molecule has 4 nitrogen and oxygen atoms in total. The van der Waals surface area contributed by atoms with E-state index in [2.05, 4.69) is 17.3 Å². The number of para-hydroxylation sites is 1. The Kier molecular flexibility index (Phi) is 5.11. The van der Waals surface area contributed by atoms with Crippen LogP contribution in [0.4, 0.5) is 0 Å². The lowest BCUT2D eigenvalue weighted by Crippen LogP contribution is -2.26. The maximum absolute atomic E-state index is 12.6. The molecule has 4 heteroatoms. The second-order valence-electron chi connectivity index (χ2n) is 6.29. The zero-order chi connectivity index (χ0) is 16.1. The summed E-state index contributed by atoms with van der Waals surface area (Å²) in [6, 6.07) is 11.9. The predicted molar refractivity (Wildman–Crippen MR) is 92.0 cm³/mol. The van der Waals surface area contributed by atoms with Crippen LogP contribution in [0.1, 0.15) is 67.5 Å². The van der Waals surface area contributed by atoms with Gasteiger partial charge >= 0.3 is 0 Å². The average molecular weight is 311 g/mol. The lowest BCUT2D eigenvalue weighted by Gasteiger charge is -2.08. The zero-order valence-corrected chi connectivity index (χ0v) is 13.8. The first-order valence-electron chi connectivity index (χ1n) is 8.73. The standard InChI is InChI=1S/C19H25N3O/c1-2-3-4-8-13-20-19(23)18-14-17(15-11-12-15)21-22(18)16-9-6-5-7-10-16/h5-7,9-10,14-15H,2-4,8,11-13H2,1H3,(H,20,23). The third-order valence-corrected chi connectivity index (χ3v) is 4.27. The molecule has 0 atom stereocenters. The van der Waals surface area contributed by atoms with Crippen molar-refractivity contribution < 1.29 is 4.79 Å². The SMILES string of the molecule is CCCCCCNC(=O)c1cc(C2CC2)nn1-c1ccccc1. The van der Waals surface area contributed by atoms with Crippen molar-refractivity contribution in [3.05, 3.63) is 47.8 Å². The molecule has 0 unspecified atom stereocenters. The monoisotopic (exact) mass is 311 g/mol. The summed E-state index contributed by atoms with van der Waals surface area (Å²) in [4.78, 5) is 12.6. The molecule has 1 aliphatic carbocycles. The number of nitrogens with one attached hydrogen (secondary N) is 1. The molecule has 1 aliphatic rings. The van der Waals surface area contributed by atoms with Crippen molar-refractivity contribution in [2.75, 3.05) is 6.54 Å². The molecule has 1 aromatic heterocycles. The molecule has 0 radical (unpaired) electrons. The molecular formula is C19H25N3O. The van der Waals surface area contributed by atoms with Crippen LogP contribution in [0.5, 0.6) is 0 Å². The maximum atomic E-state index is 12.6. The number of rotatable bonds is 8. The highest BCUT2D eigenvalue weighted by Gasteiger charge is 2.28. The van der Waals surface area contributed by atoms with Gasteiger partial charge in [0.15, 0.2) is 0 Å². The number of amides is 1. The smallest absolute Gasteiger partial charge is 0.270 e. The van der Waals surface area contributed by atoms with Crippen molar-refractivity contribution in [1.82, 2.24) is 15.1 Å². The Morgan fingerprint density at radius 2 is 2.00 bits per heavy atom. The van der Waals surface area contributed by atoms with Gasteiger partial charge in [0.25, 0.3) is 5.91 Å². The van der Waals surface area contributed by atoms with Crippen molar-refractivity contribution in [1.29, 1.82) is 0 Å². The number of nitrogens with zero attached hydrogens (tertiary/aromatic N) is 2. The van der Waals surface area contributed by atoms with Gasteiger partial charge in [-0.05, 0) is 37.5 Å². The fourth-order valence-electron chi connectivity index (χ4n) is 2.75. The first kappa shape index (κ1) is 15.8. The number of carbonyl (C=O) groups is 1. The van der Waals surface area contributed by atoms with Crippen LogP contribution in [0.25, 0.3) is 5.69 Å². The minimum absolute atomic E-state index is 0.0234. The molecule has 122 valence electrons. The fraction of sp³-hybridized carbons (Fsp3) is 0.474. The summed E-state index contributed by atoms with van der Waals surface area (Å²) in [6.45, 7) is 2.92. The number of hydrogen-bond acceptors (Lipinski definition) is 2. The molecule has 0 saturated heterocycles. The number of benzene rings is 1. The van der Waals surface area contributed by atoms with Crippen molar-refractivity contribution in [2.24, 2.45) is 0 Å². The maximum Gasteiger partial charge on any atom is 0.270 e. The van der Waals surface area contributed by atoms with E-state index in [1.807, 2.05) is 36.4 Å². The normalized spacial score (nSPS) is 14.0. The van der Waals surface area contributed by atoms with Gasteiger partial charge in [0, 0.05) is 12.5 Å². The summed E-state index contributed by atoms with van der Waals surface area (Å²) >= 11 is 0. The van der Waals surface area contributed by atoms with E-state index in [0.29, 0.717) is 11.6 Å². The minimum atomic E-state index is -0.0234. The molecule has 0 spiro atoms. The quantitative estimate of drug-likeness (QED) is 0.747. The summed E-state index contributed by atoms with van der Waals surface area (Å²) in [5.41, 5.74) is 2.63. The molecule has 0 aliphatic heterocycles. The highest BCUT2D eigenvalue weighted by molar-refractivity contribution is 5.93. The summed E-state index contributed by atoms with van der Waals surface area (Å²) in [5, 5.41) is 7.72. The van der Waals surface area contributed by atoms with Gasteiger partial charge < -0.3 is 5.32 Å². The Bertz CT molecular complexity index is 644. The van der Waals surface area contributed by atoms with E-state index in [1.54, 1.807) is 4.68 Å². The van der Waals surface area contributed by atoms with Crippen molar-refractivity contribution in [3.63, 3.8) is 0 Å². The first-order chi connectivity index (χ1) is 11.3. The van der Waals surface area contributed by atoms with E-state index in [-0.39, 0.29) is 5.91 Å². The molecule has 1 fully saturated rings. The third-order valence-electron chi connectivity index (χ3n) is 4.27. The third kappa shape index (κ3) is 4.01. The van der Waals surface area contributed by atoms with Crippen molar-refractivity contribution in [2.45, 2.75) is 51.4 Å². The van der Waals surface area contributed by atoms with Crippen LogP contribution in [0, 0.1) is 0 Å². The van der Waals surface area contributed by atoms with Gasteiger partial charge in [-0.25, -0.2) is 4.68 Å². The Hall–Kier alpha value is -2.10. The Balaban J connectivity index is 1.73. The molecule has 1 aromatic carbocycles. The van der Waals surface area contributed by atoms with Crippen LogP contribution in [0.2, 0.25) is 0 Å². The van der Waals surface area contributed by atoms with Crippen LogP contribution in [0.3, 0.4) is 0 Å². The Morgan fingerprint density at radius 3 is 2.70 bits per heavy atom. The largest absolute Gasteiger partial charge is 0.351 e. The highest BCUT2D eigenvalue weighted by Crippen LogP contribution is 2.39. The summed E-state index contributed by atoms with van der Waals surface area (Å²) in [7, 11) is 0. The van der Waals surface area contributed by atoms with Crippen molar-refractivity contribution >= 4 is 5.91 Å².